The topological polar surface area (TPSA) is 6.48 Å². The van der Waals surface area contributed by atoms with Crippen molar-refractivity contribution in [2.24, 2.45) is 0 Å². The lowest BCUT2D eigenvalue weighted by molar-refractivity contribution is 0.402. The van der Waals surface area contributed by atoms with Crippen LogP contribution in [0.3, 0.4) is 0 Å². The Morgan fingerprint density at radius 1 is 0.800 bits per heavy atom. The Morgan fingerprint density at radius 3 is 1.85 bits per heavy atom. The standard InChI is InChI=1S/C16H18F2N2/c1-19(2)11-12-4-6-15(7-5-12)20(3)16-9-13(17)8-14(18)10-16/h4-10H,11H2,1-3H3. The van der Waals surface area contributed by atoms with Gasteiger partial charge in [-0.15, -0.1) is 0 Å². The maximum Gasteiger partial charge on any atom is 0.128 e. The van der Waals surface area contributed by atoms with Crippen molar-refractivity contribution in [1.82, 2.24) is 4.90 Å². The predicted octanol–water partition coefficient (Wildman–Crippen LogP) is 3.79. The molecule has 0 radical (unpaired) electrons. The molecule has 0 bridgehead atoms. The van der Waals surface area contributed by atoms with Gasteiger partial charge in [0.1, 0.15) is 11.6 Å². The van der Waals surface area contributed by atoms with Crippen LogP contribution >= 0.6 is 0 Å². The van der Waals surface area contributed by atoms with Crippen molar-refractivity contribution >= 4 is 11.4 Å². The largest absolute Gasteiger partial charge is 0.344 e. The van der Waals surface area contributed by atoms with Gasteiger partial charge in [-0.05, 0) is 43.9 Å². The van der Waals surface area contributed by atoms with Crippen LogP contribution in [0, 0.1) is 11.6 Å². The number of rotatable bonds is 4. The molecule has 0 aliphatic rings. The molecule has 0 unspecified atom stereocenters. The van der Waals surface area contributed by atoms with Crippen molar-refractivity contribution in [3.05, 3.63) is 59.7 Å². The van der Waals surface area contributed by atoms with E-state index in [9.17, 15) is 8.78 Å². The van der Waals surface area contributed by atoms with Gasteiger partial charge in [-0.3, -0.25) is 0 Å². The van der Waals surface area contributed by atoms with Crippen molar-refractivity contribution < 1.29 is 8.78 Å². The monoisotopic (exact) mass is 276 g/mol. The molecule has 0 heterocycles. The van der Waals surface area contributed by atoms with E-state index in [1.165, 1.54) is 17.7 Å². The summed E-state index contributed by atoms with van der Waals surface area (Å²) in [5.74, 6) is -1.15. The average molecular weight is 276 g/mol. The fourth-order valence-electron chi connectivity index (χ4n) is 2.07. The molecule has 0 saturated heterocycles. The van der Waals surface area contributed by atoms with Crippen molar-refractivity contribution in [2.75, 3.05) is 26.0 Å². The number of halogens is 2. The summed E-state index contributed by atoms with van der Waals surface area (Å²) in [6.45, 7) is 0.860. The number of benzene rings is 2. The minimum atomic E-state index is -0.573. The Kier molecular flexibility index (Phi) is 4.35. The zero-order valence-corrected chi connectivity index (χ0v) is 11.9. The fourth-order valence-corrected chi connectivity index (χ4v) is 2.07. The van der Waals surface area contributed by atoms with Crippen LogP contribution in [-0.4, -0.2) is 26.0 Å². The van der Waals surface area contributed by atoms with Gasteiger partial charge in [0.15, 0.2) is 0 Å². The molecule has 106 valence electrons. The average Bonchev–Trinajstić information content (AvgIpc) is 2.37. The molecule has 4 heteroatoms. The third-order valence-corrected chi connectivity index (χ3v) is 3.06. The van der Waals surface area contributed by atoms with E-state index in [0.29, 0.717) is 5.69 Å². The van der Waals surface area contributed by atoms with Crippen LogP contribution in [0.25, 0.3) is 0 Å². The van der Waals surface area contributed by atoms with Crippen molar-refractivity contribution in [2.45, 2.75) is 6.54 Å². The molecule has 2 aromatic rings. The molecule has 0 saturated carbocycles. The summed E-state index contributed by atoms with van der Waals surface area (Å²) in [6.07, 6.45) is 0. The SMILES string of the molecule is CN(C)Cc1ccc(N(C)c2cc(F)cc(F)c2)cc1. The van der Waals surface area contributed by atoms with Gasteiger partial charge in [0.2, 0.25) is 0 Å². The highest BCUT2D eigenvalue weighted by Crippen LogP contribution is 2.25. The molecule has 20 heavy (non-hydrogen) atoms. The summed E-state index contributed by atoms with van der Waals surface area (Å²) in [6, 6.07) is 11.4. The van der Waals surface area contributed by atoms with Crippen LogP contribution in [0.2, 0.25) is 0 Å². The Balaban J connectivity index is 2.22. The van der Waals surface area contributed by atoms with Crippen LogP contribution < -0.4 is 4.90 Å². The highest BCUT2D eigenvalue weighted by atomic mass is 19.1. The normalized spacial score (nSPS) is 10.9. The van der Waals surface area contributed by atoms with Crippen LogP contribution in [-0.2, 0) is 6.54 Å². The summed E-state index contributed by atoms with van der Waals surface area (Å²) in [4.78, 5) is 3.84. The predicted molar refractivity (Wildman–Crippen MR) is 78.3 cm³/mol. The Labute approximate surface area is 118 Å². The highest BCUT2D eigenvalue weighted by Gasteiger charge is 2.07. The van der Waals surface area contributed by atoms with Gasteiger partial charge in [-0.1, -0.05) is 12.1 Å². The molecule has 2 rings (SSSR count). The molecule has 0 aliphatic carbocycles. The second-order valence-corrected chi connectivity index (χ2v) is 5.09. The first-order valence-electron chi connectivity index (χ1n) is 6.39. The van der Waals surface area contributed by atoms with Crippen LogP contribution in [0.1, 0.15) is 5.56 Å². The van der Waals surface area contributed by atoms with Gasteiger partial charge >= 0.3 is 0 Å². The lowest BCUT2D eigenvalue weighted by atomic mass is 10.1. The maximum atomic E-state index is 13.2. The Morgan fingerprint density at radius 2 is 1.35 bits per heavy atom. The van der Waals surface area contributed by atoms with Gasteiger partial charge in [-0.2, -0.15) is 0 Å². The summed E-state index contributed by atoms with van der Waals surface area (Å²) >= 11 is 0. The first kappa shape index (κ1) is 14.5. The molecule has 0 aromatic heterocycles. The zero-order valence-electron chi connectivity index (χ0n) is 11.9. The van der Waals surface area contributed by atoms with Gasteiger partial charge in [0.25, 0.3) is 0 Å². The number of hydrogen-bond donors (Lipinski definition) is 0. The van der Waals surface area contributed by atoms with Crippen LogP contribution in [0.15, 0.2) is 42.5 Å². The van der Waals surface area contributed by atoms with E-state index >= 15 is 0 Å². The minimum Gasteiger partial charge on any atom is -0.344 e. The van der Waals surface area contributed by atoms with Crippen molar-refractivity contribution in [3.63, 3.8) is 0 Å². The first-order valence-corrected chi connectivity index (χ1v) is 6.39. The second-order valence-electron chi connectivity index (χ2n) is 5.09. The number of hydrogen-bond acceptors (Lipinski definition) is 2. The number of anilines is 2. The van der Waals surface area contributed by atoms with Crippen LogP contribution in [0.5, 0.6) is 0 Å². The molecule has 0 atom stereocenters. The maximum absolute atomic E-state index is 13.2. The van der Waals surface area contributed by atoms with Gasteiger partial charge < -0.3 is 9.80 Å². The lowest BCUT2D eigenvalue weighted by Crippen LogP contribution is -2.12. The molecule has 0 aliphatic heterocycles. The Bertz CT molecular complexity index is 559. The Hall–Kier alpha value is -1.94. The zero-order chi connectivity index (χ0) is 14.7. The molecule has 0 N–H and O–H groups in total. The quantitative estimate of drug-likeness (QED) is 0.838. The van der Waals surface area contributed by atoms with Crippen molar-refractivity contribution in [3.8, 4) is 0 Å². The first-order chi connectivity index (χ1) is 9.45. The highest BCUT2D eigenvalue weighted by molar-refractivity contribution is 5.62. The van der Waals surface area contributed by atoms with Crippen LogP contribution in [0.4, 0.5) is 20.2 Å². The molecular weight excluding hydrogens is 258 g/mol. The van der Waals surface area contributed by atoms with E-state index in [4.69, 9.17) is 0 Å². The van der Waals surface area contributed by atoms with Gasteiger partial charge in [0.05, 0.1) is 0 Å². The molecule has 0 amide bonds. The molecule has 2 nitrogen and oxygen atoms in total. The summed E-state index contributed by atoms with van der Waals surface area (Å²) in [5.41, 5.74) is 2.57. The summed E-state index contributed by atoms with van der Waals surface area (Å²) in [5, 5.41) is 0. The van der Waals surface area contributed by atoms with Crippen molar-refractivity contribution in [1.29, 1.82) is 0 Å². The van der Waals surface area contributed by atoms with E-state index in [1.807, 2.05) is 38.4 Å². The smallest absolute Gasteiger partial charge is 0.128 e. The van der Waals surface area contributed by atoms with Gasteiger partial charge in [-0.25, -0.2) is 8.78 Å². The molecule has 0 spiro atoms. The third-order valence-electron chi connectivity index (χ3n) is 3.06. The second kappa shape index (κ2) is 6.01. The summed E-state index contributed by atoms with van der Waals surface area (Å²) in [7, 11) is 5.81. The fraction of sp³-hybridized carbons (Fsp3) is 0.250. The van der Waals surface area contributed by atoms with E-state index in [2.05, 4.69) is 4.90 Å². The van der Waals surface area contributed by atoms with Gasteiger partial charge in [0, 0.05) is 31.0 Å². The minimum absolute atomic E-state index is 0.489. The molecule has 0 fully saturated rings. The van der Waals surface area contributed by atoms with E-state index in [-0.39, 0.29) is 0 Å². The number of nitrogens with zero attached hydrogens (tertiary/aromatic N) is 2. The molecule has 2 aromatic carbocycles. The van der Waals surface area contributed by atoms with E-state index < -0.39 is 11.6 Å². The third kappa shape index (κ3) is 3.54. The van der Waals surface area contributed by atoms with E-state index in [0.717, 1.165) is 18.3 Å². The summed E-state index contributed by atoms with van der Waals surface area (Å²) < 4.78 is 26.5. The lowest BCUT2D eigenvalue weighted by Gasteiger charge is -2.20. The van der Waals surface area contributed by atoms with E-state index in [1.54, 1.807) is 11.9 Å². The molecular formula is C16H18F2N2.